The van der Waals surface area contributed by atoms with Crippen molar-refractivity contribution in [1.82, 2.24) is 14.5 Å². The van der Waals surface area contributed by atoms with Crippen LogP contribution in [0, 0.1) is 0 Å². The Morgan fingerprint density at radius 2 is 1.81 bits per heavy atom. The van der Waals surface area contributed by atoms with Gasteiger partial charge >= 0.3 is 0 Å². The van der Waals surface area contributed by atoms with Crippen LogP contribution in [-0.4, -0.2) is 61.8 Å². The molecule has 2 fully saturated rings. The highest BCUT2D eigenvalue weighted by atomic mass is 79.9. The number of carbonyl (C=O) groups excluding carboxylic acids is 1. The molecule has 2 aliphatic rings. The highest BCUT2D eigenvalue weighted by Crippen LogP contribution is 2.27. The SMILES string of the molecule is CCN1CCC(NC(=O)C2CCCN2S(=O)(=O)c2ccc(Br)cc2)CC1. The first-order chi connectivity index (χ1) is 12.4. The second-order valence-electron chi connectivity index (χ2n) is 6.94. The Kier molecular flexibility index (Phi) is 6.37. The van der Waals surface area contributed by atoms with Crippen LogP contribution >= 0.6 is 15.9 Å². The monoisotopic (exact) mass is 443 g/mol. The zero-order chi connectivity index (χ0) is 18.7. The van der Waals surface area contributed by atoms with Crippen molar-refractivity contribution < 1.29 is 13.2 Å². The largest absolute Gasteiger partial charge is 0.352 e. The van der Waals surface area contributed by atoms with Crippen LogP contribution in [0.3, 0.4) is 0 Å². The topological polar surface area (TPSA) is 69.7 Å². The van der Waals surface area contributed by atoms with Gasteiger partial charge in [-0.2, -0.15) is 4.31 Å². The van der Waals surface area contributed by atoms with Crippen LogP contribution in [0.15, 0.2) is 33.6 Å². The van der Waals surface area contributed by atoms with E-state index >= 15 is 0 Å². The molecule has 1 amide bonds. The predicted octanol–water partition coefficient (Wildman–Crippen LogP) is 2.20. The lowest BCUT2D eigenvalue weighted by atomic mass is 10.0. The van der Waals surface area contributed by atoms with Gasteiger partial charge in [0.1, 0.15) is 6.04 Å². The molecule has 2 heterocycles. The maximum Gasteiger partial charge on any atom is 0.243 e. The van der Waals surface area contributed by atoms with Crippen LogP contribution in [-0.2, 0) is 14.8 Å². The summed E-state index contributed by atoms with van der Waals surface area (Å²) in [4.78, 5) is 15.4. The van der Waals surface area contributed by atoms with Crippen LogP contribution < -0.4 is 5.32 Å². The molecule has 26 heavy (non-hydrogen) atoms. The van der Waals surface area contributed by atoms with Gasteiger partial charge < -0.3 is 10.2 Å². The Labute approximate surface area is 164 Å². The normalized spacial score (nSPS) is 23.2. The smallest absolute Gasteiger partial charge is 0.243 e. The molecule has 0 bridgehead atoms. The molecule has 6 nitrogen and oxygen atoms in total. The first kappa shape index (κ1) is 19.8. The maximum absolute atomic E-state index is 13.0. The molecular weight excluding hydrogens is 418 g/mol. The average molecular weight is 444 g/mol. The van der Waals surface area contributed by atoms with E-state index in [0.717, 1.165) is 36.9 Å². The molecule has 1 atom stereocenters. The Morgan fingerprint density at radius 1 is 1.15 bits per heavy atom. The molecule has 1 unspecified atom stereocenters. The van der Waals surface area contributed by atoms with Crippen molar-refractivity contribution in [1.29, 1.82) is 0 Å². The van der Waals surface area contributed by atoms with Crippen LogP contribution in [0.25, 0.3) is 0 Å². The molecule has 2 saturated heterocycles. The Hall–Kier alpha value is -0.960. The second-order valence-corrected chi connectivity index (χ2v) is 9.75. The second kappa shape index (κ2) is 8.37. The van der Waals surface area contributed by atoms with Crippen molar-refractivity contribution in [3.8, 4) is 0 Å². The number of nitrogens with one attached hydrogen (secondary N) is 1. The van der Waals surface area contributed by atoms with Gasteiger partial charge in [0, 0.05) is 30.1 Å². The molecule has 1 aromatic rings. The van der Waals surface area contributed by atoms with Gasteiger partial charge in [0.15, 0.2) is 0 Å². The van der Waals surface area contributed by atoms with Crippen molar-refractivity contribution in [2.24, 2.45) is 0 Å². The number of carbonyl (C=O) groups is 1. The standard InChI is InChI=1S/C18H26BrN3O3S/c1-2-21-12-9-15(10-13-21)20-18(23)17-4-3-11-22(17)26(24,25)16-7-5-14(19)6-8-16/h5-8,15,17H,2-4,9-13H2,1H3,(H,20,23). The molecule has 0 radical (unpaired) electrons. The summed E-state index contributed by atoms with van der Waals surface area (Å²) in [6, 6.07) is 6.11. The van der Waals surface area contributed by atoms with E-state index in [1.807, 2.05) is 0 Å². The summed E-state index contributed by atoms with van der Waals surface area (Å²) in [7, 11) is -3.66. The van der Waals surface area contributed by atoms with Crippen molar-refractivity contribution in [3.63, 3.8) is 0 Å². The Morgan fingerprint density at radius 3 is 2.42 bits per heavy atom. The van der Waals surface area contributed by atoms with Gasteiger partial charge in [-0.25, -0.2) is 8.42 Å². The number of sulfonamides is 1. The van der Waals surface area contributed by atoms with Gasteiger partial charge in [0.25, 0.3) is 0 Å². The quantitative estimate of drug-likeness (QED) is 0.756. The summed E-state index contributed by atoms with van der Waals surface area (Å²) in [5, 5.41) is 3.09. The van der Waals surface area contributed by atoms with Crippen molar-refractivity contribution in [2.75, 3.05) is 26.2 Å². The van der Waals surface area contributed by atoms with Crippen LogP contribution in [0.4, 0.5) is 0 Å². The van der Waals surface area contributed by atoms with E-state index in [0.29, 0.717) is 19.4 Å². The molecule has 144 valence electrons. The third kappa shape index (κ3) is 4.30. The molecular formula is C18H26BrN3O3S. The number of benzene rings is 1. The summed E-state index contributed by atoms with van der Waals surface area (Å²) in [6.45, 7) is 5.52. The molecule has 2 aliphatic heterocycles. The third-order valence-corrected chi connectivity index (χ3v) is 7.76. The fourth-order valence-electron chi connectivity index (χ4n) is 3.72. The van der Waals surface area contributed by atoms with Crippen molar-refractivity contribution >= 4 is 31.9 Å². The fraction of sp³-hybridized carbons (Fsp3) is 0.611. The van der Waals surface area contributed by atoms with Crippen molar-refractivity contribution in [3.05, 3.63) is 28.7 Å². The summed E-state index contributed by atoms with van der Waals surface area (Å²) in [6.07, 6.45) is 3.13. The molecule has 0 aliphatic carbocycles. The minimum Gasteiger partial charge on any atom is -0.352 e. The van der Waals surface area contributed by atoms with Gasteiger partial charge in [0.2, 0.25) is 15.9 Å². The van der Waals surface area contributed by atoms with Gasteiger partial charge in [-0.3, -0.25) is 4.79 Å². The lowest BCUT2D eigenvalue weighted by Crippen LogP contribution is -2.51. The van der Waals surface area contributed by atoms with Gasteiger partial charge in [0.05, 0.1) is 4.90 Å². The van der Waals surface area contributed by atoms with E-state index in [1.165, 1.54) is 4.31 Å². The molecule has 0 saturated carbocycles. The first-order valence-electron chi connectivity index (χ1n) is 9.22. The highest BCUT2D eigenvalue weighted by molar-refractivity contribution is 9.10. The zero-order valence-corrected chi connectivity index (χ0v) is 17.4. The lowest BCUT2D eigenvalue weighted by Gasteiger charge is -2.32. The number of nitrogens with zero attached hydrogens (tertiary/aromatic N) is 2. The number of rotatable bonds is 5. The zero-order valence-electron chi connectivity index (χ0n) is 15.0. The number of amides is 1. The van der Waals surface area contributed by atoms with Crippen LogP contribution in [0.1, 0.15) is 32.6 Å². The molecule has 0 spiro atoms. The lowest BCUT2D eigenvalue weighted by molar-refractivity contribution is -0.125. The van der Waals surface area contributed by atoms with Gasteiger partial charge in [-0.1, -0.05) is 22.9 Å². The van der Waals surface area contributed by atoms with Gasteiger partial charge in [-0.15, -0.1) is 0 Å². The third-order valence-electron chi connectivity index (χ3n) is 5.31. The summed E-state index contributed by atoms with van der Waals surface area (Å²) < 4.78 is 28.1. The predicted molar refractivity (Wildman–Crippen MR) is 104 cm³/mol. The van der Waals surface area contributed by atoms with E-state index < -0.39 is 16.1 Å². The fourth-order valence-corrected chi connectivity index (χ4v) is 5.64. The molecule has 1 N–H and O–H groups in total. The van der Waals surface area contributed by atoms with Crippen LogP contribution in [0.2, 0.25) is 0 Å². The molecule has 1 aromatic carbocycles. The Balaban J connectivity index is 1.67. The first-order valence-corrected chi connectivity index (χ1v) is 11.4. The summed E-state index contributed by atoms with van der Waals surface area (Å²) in [5.74, 6) is -0.155. The Bertz CT molecular complexity index is 731. The van der Waals surface area contributed by atoms with E-state index in [2.05, 4.69) is 33.1 Å². The number of hydrogen-bond donors (Lipinski definition) is 1. The number of hydrogen-bond acceptors (Lipinski definition) is 4. The molecule has 0 aromatic heterocycles. The van der Waals surface area contributed by atoms with Crippen LogP contribution in [0.5, 0.6) is 0 Å². The van der Waals surface area contributed by atoms with E-state index in [9.17, 15) is 13.2 Å². The summed E-state index contributed by atoms with van der Waals surface area (Å²) >= 11 is 3.32. The van der Waals surface area contributed by atoms with E-state index in [4.69, 9.17) is 0 Å². The average Bonchev–Trinajstić information content (AvgIpc) is 3.13. The molecule has 8 heteroatoms. The summed E-state index contributed by atoms with van der Waals surface area (Å²) in [5.41, 5.74) is 0. The minimum absolute atomic E-state index is 0.142. The van der Waals surface area contributed by atoms with Crippen molar-refractivity contribution in [2.45, 2.75) is 49.6 Å². The maximum atomic E-state index is 13.0. The van der Waals surface area contributed by atoms with E-state index in [-0.39, 0.29) is 16.8 Å². The van der Waals surface area contributed by atoms with Gasteiger partial charge in [-0.05, 0) is 56.5 Å². The number of halogens is 1. The number of piperidine rings is 1. The van der Waals surface area contributed by atoms with E-state index in [1.54, 1.807) is 24.3 Å². The molecule has 3 rings (SSSR count). The minimum atomic E-state index is -3.66. The highest BCUT2D eigenvalue weighted by Gasteiger charge is 2.40. The number of likely N-dealkylation sites (tertiary alicyclic amines) is 1.